The quantitative estimate of drug-likeness (QED) is 0.409. The highest BCUT2D eigenvalue weighted by Gasteiger charge is 2.40. The van der Waals surface area contributed by atoms with Crippen molar-refractivity contribution in [2.45, 2.75) is 69.1 Å². The number of likely N-dealkylation sites (N-methyl/N-ethyl adjacent to an activating group) is 1. The second kappa shape index (κ2) is 14.1. The Morgan fingerprint density at radius 3 is 2.43 bits per heavy atom. The van der Waals surface area contributed by atoms with Crippen molar-refractivity contribution in [3.63, 3.8) is 0 Å². The zero-order valence-electron chi connectivity index (χ0n) is 21.0. The molecular formula is C28H41Cl3N2O2. The maximum Gasteiger partial charge on any atom is 0.138 e. The van der Waals surface area contributed by atoms with Crippen molar-refractivity contribution in [1.29, 1.82) is 0 Å². The van der Waals surface area contributed by atoms with Crippen molar-refractivity contribution in [2.75, 3.05) is 33.7 Å². The van der Waals surface area contributed by atoms with Crippen LogP contribution in [0.5, 0.6) is 5.75 Å². The standard InChI is InChI=1S/C28H39ClN2O2.2ClH/c1-30(2)24-12-9-17-31(19-24)20-25(28(32)15-7-4-8-16-28)23-13-14-27(26(29)18-23)33-21-22-10-5-3-6-11-22;;/h3,5-6,10-11,13-14,18,24-25,32H,4,7-9,12,15-17,19-21H2,1-2H3;2*1H/t24-,25?;;/m0../s1. The molecule has 0 bridgehead atoms. The maximum absolute atomic E-state index is 11.8. The van der Waals surface area contributed by atoms with Crippen LogP contribution in [0.25, 0.3) is 0 Å². The molecule has 2 aromatic rings. The minimum atomic E-state index is -0.668. The molecule has 1 aliphatic carbocycles. The van der Waals surface area contributed by atoms with Crippen LogP contribution in [0.1, 0.15) is 62.0 Å². The Morgan fingerprint density at radius 1 is 1.06 bits per heavy atom. The summed E-state index contributed by atoms with van der Waals surface area (Å²) in [5.74, 6) is 0.753. The molecule has 0 amide bonds. The fraction of sp³-hybridized carbons (Fsp3) is 0.571. The van der Waals surface area contributed by atoms with Crippen LogP contribution in [0.3, 0.4) is 0 Å². The van der Waals surface area contributed by atoms with E-state index in [4.69, 9.17) is 16.3 Å². The van der Waals surface area contributed by atoms with Gasteiger partial charge < -0.3 is 19.6 Å². The van der Waals surface area contributed by atoms with Gasteiger partial charge in [0.2, 0.25) is 0 Å². The van der Waals surface area contributed by atoms with Gasteiger partial charge in [0, 0.05) is 25.0 Å². The Morgan fingerprint density at radius 2 is 1.77 bits per heavy atom. The van der Waals surface area contributed by atoms with Gasteiger partial charge in [-0.25, -0.2) is 0 Å². The molecule has 196 valence electrons. The minimum absolute atomic E-state index is 0. The SMILES string of the molecule is CN(C)[C@H]1CCCN(CC(c2ccc(OCc3ccccc3)c(Cl)c2)C2(O)CCCCC2)C1.Cl.Cl. The van der Waals surface area contributed by atoms with E-state index in [9.17, 15) is 5.11 Å². The lowest BCUT2D eigenvalue weighted by Gasteiger charge is -2.44. The zero-order chi connectivity index (χ0) is 23.3. The Bertz CT molecular complexity index is 891. The molecule has 4 rings (SSSR count). The molecular weight excluding hydrogens is 503 g/mol. The fourth-order valence-corrected chi connectivity index (χ4v) is 5.80. The van der Waals surface area contributed by atoms with Gasteiger partial charge in [-0.3, -0.25) is 0 Å². The van der Waals surface area contributed by atoms with Crippen LogP contribution >= 0.6 is 36.4 Å². The Kier molecular flexibility index (Phi) is 12.1. The molecule has 1 saturated heterocycles. The van der Waals surface area contributed by atoms with Gasteiger partial charge in [-0.05, 0) is 69.6 Å². The van der Waals surface area contributed by atoms with Crippen LogP contribution in [-0.4, -0.2) is 60.3 Å². The largest absolute Gasteiger partial charge is 0.487 e. The molecule has 7 heteroatoms. The van der Waals surface area contributed by atoms with E-state index < -0.39 is 5.60 Å². The summed E-state index contributed by atoms with van der Waals surface area (Å²) in [6, 6.07) is 16.9. The highest BCUT2D eigenvalue weighted by atomic mass is 35.5. The van der Waals surface area contributed by atoms with Crippen molar-refractivity contribution in [3.05, 3.63) is 64.7 Å². The number of hydrogen-bond donors (Lipinski definition) is 1. The second-order valence-corrected chi connectivity index (χ2v) is 10.6. The minimum Gasteiger partial charge on any atom is -0.487 e. The summed E-state index contributed by atoms with van der Waals surface area (Å²) < 4.78 is 6.01. The molecule has 2 aromatic carbocycles. The molecule has 0 spiro atoms. The molecule has 0 radical (unpaired) electrons. The third-order valence-electron chi connectivity index (χ3n) is 7.62. The molecule has 35 heavy (non-hydrogen) atoms. The van der Waals surface area contributed by atoms with E-state index in [0.717, 1.165) is 56.4 Å². The molecule has 4 nitrogen and oxygen atoms in total. The van der Waals surface area contributed by atoms with Crippen molar-refractivity contribution in [2.24, 2.45) is 0 Å². The van der Waals surface area contributed by atoms with Crippen molar-refractivity contribution in [3.8, 4) is 5.75 Å². The number of hydrogen-bond acceptors (Lipinski definition) is 4. The third-order valence-corrected chi connectivity index (χ3v) is 7.91. The summed E-state index contributed by atoms with van der Waals surface area (Å²) in [6.45, 7) is 3.53. The molecule has 1 saturated carbocycles. The lowest BCUT2D eigenvalue weighted by Crippen LogP contribution is -2.50. The van der Waals surface area contributed by atoms with Crippen molar-refractivity contribution in [1.82, 2.24) is 9.80 Å². The normalized spacial score (nSPS) is 21.0. The molecule has 2 aliphatic rings. The summed E-state index contributed by atoms with van der Waals surface area (Å²) in [7, 11) is 4.35. The summed E-state index contributed by atoms with van der Waals surface area (Å²) in [6.07, 6.45) is 7.60. The van der Waals surface area contributed by atoms with E-state index in [2.05, 4.69) is 42.1 Å². The number of nitrogens with zero attached hydrogens (tertiary/aromatic N) is 2. The first-order valence-corrected chi connectivity index (χ1v) is 12.9. The van der Waals surface area contributed by atoms with Gasteiger partial charge in [0.05, 0.1) is 10.6 Å². The summed E-state index contributed by atoms with van der Waals surface area (Å²) in [5, 5.41) is 12.4. The van der Waals surface area contributed by atoms with Crippen LogP contribution in [0, 0.1) is 0 Å². The Hall–Kier alpha value is -1.01. The number of halogens is 3. The maximum atomic E-state index is 11.8. The first-order valence-electron chi connectivity index (χ1n) is 12.5. The molecule has 2 fully saturated rings. The smallest absolute Gasteiger partial charge is 0.138 e. The van der Waals surface area contributed by atoms with Crippen LogP contribution in [0.15, 0.2) is 48.5 Å². The highest BCUT2D eigenvalue weighted by Crippen LogP contribution is 2.42. The number of likely N-dealkylation sites (tertiary alicyclic amines) is 1. The summed E-state index contributed by atoms with van der Waals surface area (Å²) in [5.41, 5.74) is 1.58. The summed E-state index contributed by atoms with van der Waals surface area (Å²) in [4.78, 5) is 4.89. The predicted octanol–water partition coefficient (Wildman–Crippen LogP) is 6.57. The molecule has 1 unspecified atom stereocenters. The van der Waals surface area contributed by atoms with Crippen molar-refractivity contribution >= 4 is 36.4 Å². The second-order valence-electron chi connectivity index (χ2n) is 10.2. The zero-order valence-corrected chi connectivity index (χ0v) is 23.4. The number of piperidine rings is 1. The fourth-order valence-electron chi connectivity index (χ4n) is 5.56. The number of aliphatic hydroxyl groups is 1. The van der Waals surface area contributed by atoms with Crippen LogP contribution in [0.2, 0.25) is 5.02 Å². The lowest BCUT2D eigenvalue weighted by atomic mass is 9.72. The van der Waals surface area contributed by atoms with Gasteiger partial charge in [-0.1, -0.05) is 67.3 Å². The first kappa shape index (κ1) is 30.2. The Labute approximate surface area is 228 Å². The first-order chi connectivity index (χ1) is 15.9. The van der Waals surface area contributed by atoms with E-state index in [-0.39, 0.29) is 30.7 Å². The molecule has 1 aliphatic heterocycles. The number of benzene rings is 2. The molecule has 2 atom stereocenters. The van der Waals surface area contributed by atoms with E-state index >= 15 is 0 Å². The topological polar surface area (TPSA) is 35.9 Å². The van der Waals surface area contributed by atoms with Gasteiger partial charge in [0.25, 0.3) is 0 Å². The lowest BCUT2D eigenvalue weighted by molar-refractivity contribution is -0.0344. The molecule has 0 aromatic heterocycles. The number of rotatable bonds is 8. The van der Waals surface area contributed by atoms with E-state index in [1.54, 1.807) is 0 Å². The van der Waals surface area contributed by atoms with E-state index in [1.807, 2.05) is 30.3 Å². The average Bonchev–Trinajstić information content (AvgIpc) is 2.83. The van der Waals surface area contributed by atoms with Crippen LogP contribution < -0.4 is 4.74 Å². The van der Waals surface area contributed by atoms with E-state index in [1.165, 1.54) is 19.3 Å². The van der Waals surface area contributed by atoms with Gasteiger partial charge >= 0.3 is 0 Å². The van der Waals surface area contributed by atoms with Crippen LogP contribution in [0.4, 0.5) is 0 Å². The molecule has 1 N–H and O–H groups in total. The Balaban J connectivity index is 0.00000216. The van der Waals surface area contributed by atoms with Crippen molar-refractivity contribution < 1.29 is 9.84 Å². The van der Waals surface area contributed by atoms with Gasteiger partial charge in [0.1, 0.15) is 12.4 Å². The van der Waals surface area contributed by atoms with Gasteiger partial charge in [-0.15, -0.1) is 24.8 Å². The summed E-state index contributed by atoms with van der Waals surface area (Å²) >= 11 is 6.70. The highest BCUT2D eigenvalue weighted by molar-refractivity contribution is 6.32. The van der Waals surface area contributed by atoms with Crippen LogP contribution in [-0.2, 0) is 6.61 Å². The van der Waals surface area contributed by atoms with E-state index in [0.29, 0.717) is 23.4 Å². The predicted molar refractivity (Wildman–Crippen MR) is 151 cm³/mol. The monoisotopic (exact) mass is 542 g/mol. The molecule has 1 heterocycles. The third kappa shape index (κ3) is 7.99. The number of ether oxygens (including phenoxy) is 1. The van der Waals surface area contributed by atoms with Gasteiger partial charge in [-0.2, -0.15) is 0 Å². The van der Waals surface area contributed by atoms with Gasteiger partial charge in [0.15, 0.2) is 0 Å². The average molecular weight is 544 g/mol.